The van der Waals surface area contributed by atoms with Crippen LogP contribution >= 0.6 is 0 Å². The van der Waals surface area contributed by atoms with Crippen molar-refractivity contribution < 1.29 is 9.18 Å². The summed E-state index contributed by atoms with van der Waals surface area (Å²) in [5.74, 6) is 0.536. The van der Waals surface area contributed by atoms with Gasteiger partial charge in [0.15, 0.2) is 5.78 Å². The first-order chi connectivity index (χ1) is 13.2. The van der Waals surface area contributed by atoms with Crippen LogP contribution in [0.15, 0.2) is 54.6 Å². The molecule has 0 unspecified atom stereocenters. The number of rotatable bonds is 9. The summed E-state index contributed by atoms with van der Waals surface area (Å²) in [7, 11) is 0. The van der Waals surface area contributed by atoms with Crippen molar-refractivity contribution >= 4 is 5.78 Å². The minimum atomic E-state index is -0.306. The number of Topliss-reactive ketones (excluding diaryl/α,β-unsaturated/α-hetero) is 1. The maximum atomic E-state index is 12.9. The molecule has 0 aromatic heterocycles. The summed E-state index contributed by atoms with van der Waals surface area (Å²) in [6, 6.07) is 16.5. The third-order valence-electron chi connectivity index (χ3n) is 5.38. The minimum Gasteiger partial charge on any atom is -0.316 e. The van der Waals surface area contributed by atoms with Gasteiger partial charge in [0.2, 0.25) is 0 Å². The van der Waals surface area contributed by atoms with Crippen molar-refractivity contribution in [3.05, 3.63) is 71.5 Å². The molecule has 1 N–H and O–H groups in total. The van der Waals surface area contributed by atoms with Gasteiger partial charge in [-0.2, -0.15) is 0 Å². The molecule has 0 amide bonds. The van der Waals surface area contributed by atoms with Crippen LogP contribution in [0, 0.1) is 11.7 Å². The molecule has 4 heteroatoms. The molecule has 144 valence electrons. The van der Waals surface area contributed by atoms with Gasteiger partial charge in [0, 0.05) is 25.1 Å². The van der Waals surface area contributed by atoms with E-state index in [9.17, 15) is 9.18 Å². The number of hydrogen-bond donors (Lipinski definition) is 1. The highest BCUT2D eigenvalue weighted by Gasteiger charge is 2.18. The Kier molecular flexibility index (Phi) is 7.55. The predicted molar refractivity (Wildman–Crippen MR) is 107 cm³/mol. The Morgan fingerprint density at radius 1 is 1.00 bits per heavy atom. The van der Waals surface area contributed by atoms with Gasteiger partial charge in [0.1, 0.15) is 5.82 Å². The first-order valence-corrected chi connectivity index (χ1v) is 9.96. The molecule has 0 radical (unpaired) electrons. The van der Waals surface area contributed by atoms with Crippen LogP contribution in [0.25, 0.3) is 0 Å². The molecule has 27 heavy (non-hydrogen) atoms. The van der Waals surface area contributed by atoms with Gasteiger partial charge in [-0.1, -0.05) is 30.3 Å². The van der Waals surface area contributed by atoms with E-state index in [4.69, 9.17) is 0 Å². The highest BCUT2D eigenvalue weighted by atomic mass is 19.1. The van der Waals surface area contributed by atoms with Crippen LogP contribution in [-0.4, -0.2) is 36.9 Å². The summed E-state index contributed by atoms with van der Waals surface area (Å²) in [5.41, 5.74) is 1.98. The highest BCUT2D eigenvalue weighted by Crippen LogP contribution is 2.21. The van der Waals surface area contributed by atoms with E-state index in [2.05, 4.69) is 40.5 Å². The Balaban J connectivity index is 1.26. The number of hydrogen-bond acceptors (Lipinski definition) is 3. The number of nitrogens with zero attached hydrogens (tertiary/aromatic N) is 1. The lowest BCUT2D eigenvalue weighted by molar-refractivity contribution is 0.0982. The Hall–Kier alpha value is -2.04. The molecule has 0 spiro atoms. The van der Waals surface area contributed by atoms with Gasteiger partial charge in [0.25, 0.3) is 0 Å². The SMILES string of the molecule is O=C(CCNCCC1CCN(Cc2ccccc2)CC1)c1ccc(F)cc1. The van der Waals surface area contributed by atoms with Gasteiger partial charge in [-0.3, -0.25) is 9.69 Å². The van der Waals surface area contributed by atoms with Crippen molar-refractivity contribution in [2.24, 2.45) is 5.92 Å². The molecule has 1 heterocycles. The summed E-state index contributed by atoms with van der Waals surface area (Å²) in [4.78, 5) is 14.6. The van der Waals surface area contributed by atoms with E-state index < -0.39 is 0 Å². The zero-order valence-electron chi connectivity index (χ0n) is 15.9. The van der Waals surface area contributed by atoms with E-state index in [-0.39, 0.29) is 11.6 Å². The summed E-state index contributed by atoms with van der Waals surface area (Å²) in [5, 5.41) is 3.39. The molecule has 0 bridgehead atoms. The zero-order valence-corrected chi connectivity index (χ0v) is 15.9. The Bertz CT molecular complexity index is 694. The summed E-state index contributed by atoms with van der Waals surface area (Å²) >= 11 is 0. The summed E-state index contributed by atoms with van der Waals surface area (Å²) < 4.78 is 12.9. The number of halogens is 1. The van der Waals surface area contributed by atoms with Gasteiger partial charge in [-0.25, -0.2) is 4.39 Å². The van der Waals surface area contributed by atoms with E-state index in [0.717, 1.165) is 19.0 Å². The van der Waals surface area contributed by atoms with Crippen LogP contribution in [0.3, 0.4) is 0 Å². The van der Waals surface area contributed by atoms with E-state index in [1.807, 2.05) is 0 Å². The fourth-order valence-corrected chi connectivity index (χ4v) is 3.69. The fourth-order valence-electron chi connectivity index (χ4n) is 3.69. The molecule has 3 rings (SSSR count). The number of ketones is 1. The second-order valence-corrected chi connectivity index (χ2v) is 7.42. The third-order valence-corrected chi connectivity index (χ3v) is 5.38. The maximum Gasteiger partial charge on any atom is 0.164 e. The van der Waals surface area contributed by atoms with E-state index in [1.165, 1.54) is 50.0 Å². The maximum absolute atomic E-state index is 12.9. The number of piperidine rings is 1. The smallest absolute Gasteiger partial charge is 0.164 e. The first-order valence-electron chi connectivity index (χ1n) is 9.96. The van der Waals surface area contributed by atoms with Crippen LogP contribution < -0.4 is 5.32 Å². The molecule has 1 fully saturated rings. The standard InChI is InChI=1S/C23H29FN2O/c24-22-8-6-21(7-9-22)23(27)11-15-25-14-10-19-12-16-26(17-13-19)18-20-4-2-1-3-5-20/h1-9,19,25H,10-18H2. The molecule has 0 atom stereocenters. The van der Waals surface area contributed by atoms with Crippen molar-refractivity contribution in [3.8, 4) is 0 Å². The molecular weight excluding hydrogens is 339 g/mol. The molecule has 3 nitrogen and oxygen atoms in total. The lowest BCUT2D eigenvalue weighted by atomic mass is 9.93. The van der Waals surface area contributed by atoms with Crippen LogP contribution in [-0.2, 0) is 6.54 Å². The van der Waals surface area contributed by atoms with E-state index >= 15 is 0 Å². The summed E-state index contributed by atoms with van der Waals surface area (Å²) in [6.07, 6.45) is 4.14. The number of nitrogens with one attached hydrogen (secondary N) is 1. The van der Waals surface area contributed by atoms with Gasteiger partial charge in [0.05, 0.1) is 0 Å². The minimum absolute atomic E-state index is 0.0664. The van der Waals surface area contributed by atoms with Crippen LogP contribution in [0.1, 0.15) is 41.6 Å². The van der Waals surface area contributed by atoms with E-state index in [1.54, 1.807) is 12.1 Å². The molecule has 1 aliphatic rings. The summed E-state index contributed by atoms with van der Waals surface area (Å²) in [6.45, 7) is 5.03. The van der Waals surface area contributed by atoms with Gasteiger partial charge in [-0.05, 0) is 74.6 Å². The van der Waals surface area contributed by atoms with Crippen LogP contribution in [0.4, 0.5) is 4.39 Å². The molecule has 2 aromatic rings. The number of likely N-dealkylation sites (tertiary alicyclic amines) is 1. The average molecular weight is 368 g/mol. The predicted octanol–water partition coefficient (Wildman–Crippen LogP) is 4.29. The largest absolute Gasteiger partial charge is 0.316 e. The Labute approximate surface area is 161 Å². The fraction of sp³-hybridized carbons (Fsp3) is 0.435. The second kappa shape index (κ2) is 10.3. The molecule has 2 aromatic carbocycles. The molecule has 1 aliphatic heterocycles. The number of benzene rings is 2. The molecule has 0 aliphatic carbocycles. The van der Waals surface area contributed by atoms with Gasteiger partial charge < -0.3 is 5.32 Å². The first kappa shape index (κ1) is 19.7. The molecule has 0 saturated carbocycles. The highest BCUT2D eigenvalue weighted by molar-refractivity contribution is 5.96. The van der Waals surface area contributed by atoms with Crippen molar-refractivity contribution in [1.29, 1.82) is 0 Å². The Morgan fingerprint density at radius 2 is 1.70 bits per heavy atom. The third kappa shape index (κ3) is 6.56. The van der Waals surface area contributed by atoms with Gasteiger partial charge in [-0.15, -0.1) is 0 Å². The Morgan fingerprint density at radius 3 is 2.41 bits per heavy atom. The lowest BCUT2D eigenvalue weighted by Gasteiger charge is -2.32. The van der Waals surface area contributed by atoms with Gasteiger partial charge >= 0.3 is 0 Å². The molecular formula is C23H29FN2O. The van der Waals surface area contributed by atoms with Crippen LogP contribution in [0.5, 0.6) is 0 Å². The average Bonchev–Trinajstić information content (AvgIpc) is 2.70. The van der Waals surface area contributed by atoms with Crippen molar-refractivity contribution in [1.82, 2.24) is 10.2 Å². The topological polar surface area (TPSA) is 32.3 Å². The second-order valence-electron chi connectivity index (χ2n) is 7.42. The van der Waals surface area contributed by atoms with E-state index in [0.29, 0.717) is 18.5 Å². The number of carbonyl (C=O) groups is 1. The van der Waals surface area contributed by atoms with Crippen LogP contribution in [0.2, 0.25) is 0 Å². The lowest BCUT2D eigenvalue weighted by Crippen LogP contribution is -2.34. The van der Waals surface area contributed by atoms with Crippen molar-refractivity contribution in [2.75, 3.05) is 26.2 Å². The molecule has 1 saturated heterocycles. The normalized spacial score (nSPS) is 15.7. The quantitative estimate of drug-likeness (QED) is 0.529. The zero-order chi connectivity index (χ0) is 18.9. The van der Waals surface area contributed by atoms with Crippen molar-refractivity contribution in [3.63, 3.8) is 0 Å². The monoisotopic (exact) mass is 368 g/mol. The number of carbonyl (C=O) groups excluding carboxylic acids is 1. The van der Waals surface area contributed by atoms with Crippen molar-refractivity contribution in [2.45, 2.75) is 32.2 Å².